The minimum atomic E-state index is -2.41. The number of nitrogens with one attached hydrogen (secondary N) is 3. The molecule has 3 amide bonds. The Morgan fingerprint density at radius 3 is 1.19 bits per heavy atom. The first-order chi connectivity index (χ1) is 44.9. The minimum absolute atomic E-state index is 0.794. The first-order valence-corrected chi connectivity index (χ1v) is 30.4. The van der Waals surface area contributed by atoms with Crippen molar-refractivity contribution < 1.29 is 193 Å². The van der Waals surface area contributed by atoms with Crippen LogP contribution in [-0.4, -0.2) is 411 Å². The fourth-order valence-corrected chi connectivity index (χ4v) is 12.3. The van der Waals surface area contributed by atoms with Crippen molar-refractivity contribution in [3.05, 3.63) is 0 Å². The molecule has 8 heterocycles. The molecule has 0 aromatic rings. The maximum atomic E-state index is 13.2. The second kappa shape index (κ2) is 33.6. The first-order valence-electron chi connectivity index (χ1n) is 30.4. The van der Waals surface area contributed by atoms with Crippen LogP contribution in [-0.2, 0) is 85.4 Å². The van der Waals surface area contributed by atoms with Gasteiger partial charge in [-0.25, -0.2) is 0 Å². The van der Waals surface area contributed by atoms with Gasteiger partial charge in [0.25, 0.3) is 0 Å². The first kappa shape index (κ1) is 77.7. The zero-order chi connectivity index (χ0) is 69.9. The SMILES string of the molecule is CC(=O)N[C@@H]1[C@@H](O[C@@H]2O[C@@H](C)[C@@H](O)[C@@H](O)[C@@H]2O)[C@H](O[C@@H]2O[C@H](CO)[C@@H](O[C@@H]3O[C@H](CO[C@H]4O[C@H](CO)[C@@H](O)[C@H](O)[C@@H]4O)[C@@H](O)[C@H](O[C@H]4O[C@H](CO)[C@@H](O[C@@H]5O[C@H](CO)[C@@H](O)[C@H](O)[C@H]5NC(C)=O)[C@H](O)[C@@H]4O)[C@@H]3O[C@@H]3O[C@H](CO)[C@H](O)[C@H]3O)[C@H](O)[C@H]2NC(C)=O)[C@@H](CO)O[C@H]1O. The second-order valence-corrected chi connectivity index (χ2v) is 24.1. The summed E-state index contributed by atoms with van der Waals surface area (Å²) in [6, 6.07) is -5.32. The molecule has 95 heavy (non-hydrogen) atoms. The van der Waals surface area contributed by atoms with Gasteiger partial charge in [0.15, 0.2) is 50.3 Å². The molecule has 8 saturated heterocycles. The van der Waals surface area contributed by atoms with Crippen molar-refractivity contribution in [2.24, 2.45) is 0 Å². The molecule has 8 aliphatic heterocycles. The van der Waals surface area contributed by atoms with Gasteiger partial charge >= 0.3 is 0 Å². The summed E-state index contributed by atoms with van der Waals surface area (Å²) in [5, 5.41) is 238. The third-order valence-corrected chi connectivity index (χ3v) is 17.5. The Morgan fingerprint density at radius 1 is 0.295 bits per heavy atom. The topological polar surface area (TPSA) is 651 Å². The van der Waals surface area contributed by atoms with Gasteiger partial charge in [-0.05, 0) is 6.92 Å². The molecule has 0 bridgehead atoms. The van der Waals surface area contributed by atoms with Crippen molar-refractivity contribution in [2.75, 3.05) is 46.2 Å². The maximum absolute atomic E-state index is 13.2. The predicted octanol–water partition coefficient (Wildman–Crippen LogP) is -16.4. The third-order valence-electron chi connectivity index (χ3n) is 17.5. The van der Waals surface area contributed by atoms with Crippen LogP contribution in [0.5, 0.6) is 0 Å². The van der Waals surface area contributed by atoms with Gasteiger partial charge in [-0.1, -0.05) is 0 Å². The monoisotopic (exact) mass is 1390 g/mol. The molecule has 0 spiro atoms. The van der Waals surface area contributed by atoms with E-state index in [-0.39, 0.29) is 0 Å². The zero-order valence-corrected chi connectivity index (χ0v) is 51.2. The molecule has 0 aliphatic carbocycles. The van der Waals surface area contributed by atoms with E-state index in [1.165, 1.54) is 6.92 Å². The van der Waals surface area contributed by atoms with Gasteiger partial charge in [0.2, 0.25) is 17.7 Å². The quantitative estimate of drug-likeness (QED) is 0.0427. The molecule has 0 aromatic heterocycles. The van der Waals surface area contributed by atoms with Crippen LogP contribution in [0.4, 0.5) is 0 Å². The Bertz CT molecular complexity index is 2440. The summed E-state index contributed by atoms with van der Waals surface area (Å²) in [4.78, 5) is 38.0. The van der Waals surface area contributed by atoms with Crippen LogP contribution < -0.4 is 16.0 Å². The Balaban J connectivity index is 1.16. The summed E-state index contributed by atoms with van der Waals surface area (Å²) in [6.07, 6.45) is -71.3. The summed E-state index contributed by atoms with van der Waals surface area (Å²) in [6.45, 7) is -2.98. The number of hydrogen-bond acceptors (Lipinski definition) is 39. The highest BCUT2D eigenvalue weighted by atomic mass is 16.8. The van der Waals surface area contributed by atoms with Crippen LogP contribution in [0.25, 0.3) is 0 Å². The smallest absolute Gasteiger partial charge is 0.217 e. The van der Waals surface area contributed by atoms with Crippen LogP contribution in [0.3, 0.4) is 0 Å². The van der Waals surface area contributed by atoms with E-state index in [2.05, 4.69) is 16.0 Å². The van der Waals surface area contributed by atoms with E-state index >= 15 is 0 Å². The molecule has 8 fully saturated rings. The number of ether oxygens (including phenoxy) is 15. The third kappa shape index (κ3) is 17.0. The van der Waals surface area contributed by atoms with Crippen LogP contribution in [0.1, 0.15) is 27.7 Å². The molecule has 24 N–H and O–H groups in total. The summed E-state index contributed by atoms with van der Waals surface area (Å²) in [5.74, 6) is -2.56. The van der Waals surface area contributed by atoms with Gasteiger partial charge < -0.3 is 194 Å². The lowest BCUT2D eigenvalue weighted by Gasteiger charge is -2.52. The number of amides is 3. The summed E-state index contributed by atoms with van der Waals surface area (Å²) < 4.78 is 89.2. The van der Waals surface area contributed by atoms with Crippen molar-refractivity contribution in [3.8, 4) is 0 Å². The highest BCUT2D eigenvalue weighted by molar-refractivity contribution is 5.74. The molecule has 8 aliphatic rings. The van der Waals surface area contributed by atoms with Gasteiger partial charge in [-0.3, -0.25) is 14.4 Å². The molecule has 0 aromatic carbocycles. The minimum Gasteiger partial charge on any atom is -0.394 e. The van der Waals surface area contributed by atoms with E-state index in [4.69, 9.17) is 71.1 Å². The van der Waals surface area contributed by atoms with Crippen molar-refractivity contribution in [1.29, 1.82) is 0 Å². The molecule has 42 nitrogen and oxygen atoms in total. The normalized spacial score (nSPS) is 49.8. The van der Waals surface area contributed by atoms with Crippen molar-refractivity contribution >= 4 is 17.7 Å². The van der Waals surface area contributed by atoms with Crippen LogP contribution in [0, 0.1) is 0 Å². The zero-order valence-electron chi connectivity index (χ0n) is 51.2. The standard InChI is InChI=1S/C53H89N3O39/c1-12-26(66)33(73)38(78)50(82-12)93-43-25(56-15(4)65)46(80)83-21(10-62)42(43)92-48-24(55-14(3)64)32(72)40(19(8-60)87-48)91-53-45(95-51-36(76)29(69)18(7-59)86-51)44(30(70)22(89-53)11-81-49-37(77)34(74)28(68)17(6-58)85-49)94-52-39(79)35(75)41(20(9-61)88-52)90-47-23(54-13(2)63)31(71)27(67)16(5-57)84-47/h12,16-53,57-62,66-80H,5-11H2,1-4H3,(H,54,63)(H,55,64)(H,56,65)/t12-,16+,17+,18+,19+,20+,21+,22+,23+,24+,25+,26+,27+,28+,29-,30+,31+,32+,33+,34-,35+,36+,37-,38-,39-,40+,41+,42+,43+,44-,45-,46+,47-,48-,49-,50-,51-,52+,53-/m0/s1. The molecular weight excluding hydrogens is 1300 g/mol. The summed E-state index contributed by atoms with van der Waals surface area (Å²) >= 11 is 0. The average Bonchev–Trinajstić information content (AvgIpc) is 1.20. The van der Waals surface area contributed by atoms with E-state index in [0.717, 1.165) is 20.8 Å². The molecule has 0 radical (unpaired) electrons. The molecule has 42 heteroatoms. The number of aliphatic hydroxyl groups is 21. The molecule has 0 saturated carbocycles. The summed E-state index contributed by atoms with van der Waals surface area (Å²) in [7, 11) is 0. The Hall–Kier alpha value is -3.03. The average molecular weight is 1390 g/mol. The van der Waals surface area contributed by atoms with E-state index in [1.54, 1.807) is 0 Å². The van der Waals surface area contributed by atoms with Gasteiger partial charge in [-0.15, -0.1) is 0 Å². The van der Waals surface area contributed by atoms with Gasteiger partial charge in [-0.2, -0.15) is 0 Å². The van der Waals surface area contributed by atoms with Crippen LogP contribution in [0.15, 0.2) is 0 Å². The van der Waals surface area contributed by atoms with E-state index < -0.39 is 303 Å². The van der Waals surface area contributed by atoms with Gasteiger partial charge in [0, 0.05) is 20.8 Å². The van der Waals surface area contributed by atoms with E-state index in [1.807, 2.05) is 0 Å². The number of rotatable bonds is 24. The Labute approximate surface area is 538 Å². The fourth-order valence-electron chi connectivity index (χ4n) is 12.3. The van der Waals surface area contributed by atoms with Crippen LogP contribution in [0.2, 0.25) is 0 Å². The number of carbonyl (C=O) groups excluding carboxylic acids is 3. The molecular formula is C53H89N3O39. The van der Waals surface area contributed by atoms with Crippen LogP contribution >= 0.6 is 0 Å². The molecule has 0 unspecified atom stereocenters. The second-order valence-electron chi connectivity index (χ2n) is 24.1. The lowest BCUT2D eigenvalue weighted by Crippen LogP contribution is -2.71. The molecule has 550 valence electrons. The van der Waals surface area contributed by atoms with Crippen molar-refractivity contribution in [3.63, 3.8) is 0 Å². The van der Waals surface area contributed by atoms with Gasteiger partial charge in [0.05, 0.1) is 52.4 Å². The van der Waals surface area contributed by atoms with Crippen molar-refractivity contribution in [2.45, 2.75) is 267 Å². The van der Waals surface area contributed by atoms with Crippen molar-refractivity contribution in [1.82, 2.24) is 16.0 Å². The number of hydrogen-bond donors (Lipinski definition) is 24. The molecule has 8 rings (SSSR count). The van der Waals surface area contributed by atoms with E-state index in [0.29, 0.717) is 0 Å². The number of aliphatic hydroxyl groups excluding tert-OH is 21. The molecule has 39 atom stereocenters. The van der Waals surface area contributed by atoms with E-state index in [9.17, 15) is 122 Å². The lowest BCUT2D eigenvalue weighted by molar-refractivity contribution is -0.402. The Kier molecular flexibility index (Phi) is 27.5. The predicted molar refractivity (Wildman–Crippen MR) is 292 cm³/mol. The maximum Gasteiger partial charge on any atom is 0.217 e. The fraction of sp³-hybridized carbons (Fsp3) is 0.943. The number of carbonyl (C=O) groups is 3. The highest BCUT2D eigenvalue weighted by Crippen LogP contribution is 2.40. The largest absolute Gasteiger partial charge is 0.394 e. The Morgan fingerprint density at radius 2 is 0.642 bits per heavy atom. The summed E-state index contributed by atoms with van der Waals surface area (Å²) in [5.41, 5.74) is 0. The highest BCUT2D eigenvalue weighted by Gasteiger charge is 2.61. The van der Waals surface area contributed by atoms with Gasteiger partial charge in [0.1, 0.15) is 183 Å². The lowest BCUT2D eigenvalue weighted by atomic mass is 9.93.